The van der Waals surface area contributed by atoms with E-state index in [1.807, 2.05) is 17.5 Å². The number of aliphatic hydroxyl groups is 1. The van der Waals surface area contributed by atoms with E-state index in [0.717, 1.165) is 25.8 Å². The molecule has 0 aliphatic carbocycles. The van der Waals surface area contributed by atoms with Crippen molar-refractivity contribution >= 4 is 43.0 Å². The Hall–Kier alpha value is -0.580. The van der Waals surface area contributed by atoms with Crippen LogP contribution >= 0.6 is 27.3 Å². The van der Waals surface area contributed by atoms with Gasteiger partial charge in [0.05, 0.1) is 12.3 Å². The summed E-state index contributed by atoms with van der Waals surface area (Å²) < 4.78 is 2.07. The second-order valence-corrected chi connectivity index (χ2v) is 4.55. The summed E-state index contributed by atoms with van der Waals surface area (Å²) >= 11 is 5.00. The quantitative estimate of drug-likeness (QED) is 0.826. The van der Waals surface area contributed by atoms with Crippen molar-refractivity contribution in [2.24, 2.45) is 0 Å². The number of fused-ring (bicyclic) bond motifs is 1. The van der Waals surface area contributed by atoms with Crippen LogP contribution in [-0.2, 0) is 6.61 Å². The number of hydrogen-bond donors (Lipinski definition) is 2. The van der Waals surface area contributed by atoms with E-state index in [0.29, 0.717) is 0 Å². The number of nitrogens with two attached hydrogens (primary N) is 1. The third-order valence-corrected chi connectivity index (χ3v) is 3.64. The molecule has 0 atom stereocenters. The number of rotatable bonds is 1. The molecular weight excluding hydrogens is 250 g/mol. The highest BCUT2D eigenvalue weighted by Crippen LogP contribution is 2.32. The summed E-state index contributed by atoms with van der Waals surface area (Å²) in [5.74, 6) is 0. The molecule has 2 aromatic rings. The van der Waals surface area contributed by atoms with Crippen molar-refractivity contribution in [2.45, 2.75) is 6.61 Å². The third-order valence-electron chi connectivity index (χ3n) is 1.94. The lowest BCUT2D eigenvalue weighted by Gasteiger charge is -2.00. The summed E-state index contributed by atoms with van der Waals surface area (Å²) in [5, 5.41) is 12.0. The van der Waals surface area contributed by atoms with Crippen molar-refractivity contribution in [1.29, 1.82) is 0 Å². The van der Waals surface area contributed by atoms with Crippen LogP contribution in [0.5, 0.6) is 0 Å². The van der Waals surface area contributed by atoms with E-state index in [2.05, 4.69) is 15.9 Å². The van der Waals surface area contributed by atoms with Crippen molar-refractivity contribution < 1.29 is 5.11 Å². The lowest BCUT2D eigenvalue weighted by molar-refractivity contribution is 0.281. The van der Waals surface area contributed by atoms with Crippen molar-refractivity contribution in [1.82, 2.24) is 0 Å². The van der Waals surface area contributed by atoms with Crippen LogP contribution in [0.15, 0.2) is 22.0 Å². The first-order valence-corrected chi connectivity index (χ1v) is 5.45. The summed E-state index contributed by atoms with van der Waals surface area (Å²) in [7, 11) is 0. The average molecular weight is 258 g/mol. The highest BCUT2D eigenvalue weighted by atomic mass is 79.9. The van der Waals surface area contributed by atoms with Gasteiger partial charge in [0.1, 0.15) is 0 Å². The average Bonchev–Trinajstić information content (AvgIpc) is 2.46. The number of anilines is 1. The molecule has 0 bridgehead atoms. The van der Waals surface area contributed by atoms with Crippen LogP contribution in [0.2, 0.25) is 0 Å². The molecule has 13 heavy (non-hydrogen) atoms. The summed E-state index contributed by atoms with van der Waals surface area (Å²) in [4.78, 5) is 0. The van der Waals surface area contributed by atoms with E-state index >= 15 is 0 Å². The fourth-order valence-electron chi connectivity index (χ4n) is 1.23. The van der Waals surface area contributed by atoms with Crippen LogP contribution in [0.25, 0.3) is 10.1 Å². The van der Waals surface area contributed by atoms with Gasteiger partial charge in [-0.05, 0) is 17.7 Å². The van der Waals surface area contributed by atoms with Crippen LogP contribution in [0.1, 0.15) is 5.56 Å². The van der Waals surface area contributed by atoms with E-state index in [4.69, 9.17) is 10.8 Å². The topological polar surface area (TPSA) is 46.2 Å². The Labute approximate surface area is 88.1 Å². The zero-order chi connectivity index (χ0) is 9.42. The predicted molar refractivity (Wildman–Crippen MR) is 59.9 cm³/mol. The lowest BCUT2D eigenvalue weighted by Crippen LogP contribution is -1.86. The summed E-state index contributed by atoms with van der Waals surface area (Å²) in [6, 6.07) is 3.91. The first-order chi connectivity index (χ1) is 6.22. The number of benzene rings is 1. The van der Waals surface area contributed by atoms with Gasteiger partial charge in [-0.3, -0.25) is 0 Å². The van der Waals surface area contributed by atoms with Gasteiger partial charge in [-0.1, -0.05) is 15.9 Å². The molecule has 0 fully saturated rings. The molecule has 68 valence electrons. The largest absolute Gasteiger partial charge is 0.398 e. The smallest absolute Gasteiger partial charge is 0.0693 e. The highest BCUT2D eigenvalue weighted by molar-refractivity contribution is 9.10. The number of hydrogen-bond acceptors (Lipinski definition) is 3. The molecule has 2 nitrogen and oxygen atoms in total. The van der Waals surface area contributed by atoms with Crippen molar-refractivity contribution in [3.8, 4) is 0 Å². The SMILES string of the molecule is Nc1csc2cc(Br)c(CO)cc12. The monoisotopic (exact) mass is 257 g/mol. The zero-order valence-electron chi connectivity index (χ0n) is 6.75. The van der Waals surface area contributed by atoms with Gasteiger partial charge in [-0.25, -0.2) is 0 Å². The van der Waals surface area contributed by atoms with Crippen LogP contribution < -0.4 is 5.73 Å². The van der Waals surface area contributed by atoms with E-state index in [1.165, 1.54) is 0 Å². The number of nitrogen functional groups attached to an aromatic ring is 1. The molecule has 0 amide bonds. The van der Waals surface area contributed by atoms with Crippen LogP contribution in [-0.4, -0.2) is 5.11 Å². The molecule has 1 heterocycles. The molecule has 4 heteroatoms. The van der Waals surface area contributed by atoms with Gasteiger partial charge in [0, 0.05) is 19.9 Å². The van der Waals surface area contributed by atoms with Crippen molar-refractivity contribution in [3.05, 3.63) is 27.5 Å². The first kappa shape index (κ1) is 8.99. The standard InChI is InChI=1S/C9H8BrNOS/c10-7-2-9-6(1-5(7)3-12)8(11)4-13-9/h1-2,4,12H,3,11H2. The molecular formula is C9H8BrNOS. The van der Waals surface area contributed by atoms with Crippen LogP contribution in [0, 0.1) is 0 Å². The van der Waals surface area contributed by atoms with Gasteiger partial charge in [0.2, 0.25) is 0 Å². The predicted octanol–water partition coefficient (Wildman–Crippen LogP) is 2.74. The van der Waals surface area contributed by atoms with Gasteiger partial charge in [0.15, 0.2) is 0 Å². The molecule has 2 rings (SSSR count). The lowest BCUT2D eigenvalue weighted by atomic mass is 10.1. The minimum Gasteiger partial charge on any atom is -0.398 e. The molecule has 0 unspecified atom stereocenters. The molecule has 0 radical (unpaired) electrons. The summed E-state index contributed by atoms with van der Waals surface area (Å²) in [6.45, 7) is 0.0335. The highest BCUT2D eigenvalue weighted by Gasteiger charge is 2.05. The fraction of sp³-hybridized carbons (Fsp3) is 0.111. The molecule has 1 aromatic carbocycles. The molecule has 0 saturated heterocycles. The Bertz CT molecular complexity index is 452. The summed E-state index contributed by atoms with van der Waals surface area (Å²) in [6.07, 6.45) is 0. The van der Waals surface area contributed by atoms with Gasteiger partial charge in [-0.2, -0.15) is 0 Å². The first-order valence-electron chi connectivity index (χ1n) is 3.78. The fourth-order valence-corrected chi connectivity index (χ4v) is 2.73. The van der Waals surface area contributed by atoms with E-state index in [-0.39, 0.29) is 6.61 Å². The molecule has 3 N–H and O–H groups in total. The molecule has 0 aliphatic rings. The Morgan fingerprint density at radius 3 is 2.92 bits per heavy atom. The Morgan fingerprint density at radius 1 is 1.46 bits per heavy atom. The second-order valence-electron chi connectivity index (χ2n) is 2.79. The van der Waals surface area contributed by atoms with Crippen LogP contribution in [0.3, 0.4) is 0 Å². The number of halogens is 1. The summed E-state index contributed by atoms with van der Waals surface area (Å²) in [5.41, 5.74) is 7.42. The van der Waals surface area contributed by atoms with Crippen molar-refractivity contribution in [2.75, 3.05) is 5.73 Å². The van der Waals surface area contributed by atoms with Gasteiger partial charge >= 0.3 is 0 Å². The normalized spacial score (nSPS) is 10.9. The maximum atomic E-state index is 9.04. The van der Waals surface area contributed by atoms with Gasteiger partial charge in [0.25, 0.3) is 0 Å². The van der Waals surface area contributed by atoms with E-state index in [1.54, 1.807) is 11.3 Å². The van der Waals surface area contributed by atoms with E-state index in [9.17, 15) is 0 Å². The van der Waals surface area contributed by atoms with Gasteiger partial charge < -0.3 is 10.8 Å². The second kappa shape index (κ2) is 3.29. The maximum absolute atomic E-state index is 9.04. The Balaban J connectivity index is 2.77. The van der Waals surface area contributed by atoms with Crippen LogP contribution in [0.4, 0.5) is 5.69 Å². The zero-order valence-corrected chi connectivity index (χ0v) is 9.15. The Morgan fingerprint density at radius 2 is 2.23 bits per heavy atom. The Kier molecular flexibility index (Phi) is 2.27. The van der Waals surface area contributed by atoms with E-state index < -0.39 is 0 Å². The van der Waals surface area contributed by atoms with Gasteiger partial charge in [-0.15, -0.1) is 11.3 Å². The molecule has 1 aromatic heterocycles. The number of thiophene rings is 1. The molecule has 0 aliphatic heterocycles. The number of aliphatic hydroxyl groups excluding tert-OH is 1. The van der Waals surface area contributed by atoms with Crippen molar-refractivity contribution in [3.63, 3.8) is 0 Å². The minimum absolute atomic E-state index is 0.0335. The molecule has 0 saturated carbocycles. The third kappa shape index (κ3) is 1.45. The minimum atomic E-state index is 0.0335. The maximum Gasteiger partial charge on any atom is 0.0693 e. The molecule has 0 spiro atoms.